The first-order valence-corrected chi connectivity index (χ1v) is 15.1. The van der Waals surface area contributed by atoms with Gasteiger partial charge in [-0.15, -0.1) is 0 Å². The van der Waals surface area contributed by atoms with Crippen LogP contribution in [0.15, 0.2) is 42.5 Å². The number of hydrogen-bond acceptors (Lipinski definition) is 5. The third-order valence-electron chi connectivity index (χ3n) is 7.75. The summed E-state index contributed by atoms with van der Waals surface area (Å²) in [5.41, 5.74) is 6.44. The molecule has 2 amide bonds. The van der Waals surface area contributed by atoms with Gasteiger partial charge < -0.3 is 15.5 Å². The molecule has 3 aliphatic rings. The topological polar surface area (TPSA) is 137 Å². The molecule has 1 saturated carbocycles. The number of sulfonamides is 1. The summed E-state index contributed by atoms with van der Waals surface area (Å²) in [6.07, 6.45) is 11.5. The molecular formula is C27H39N5O4S. The molecule has 0 bridgehead atoms. The summed E-state index contributed by atoms with van der Waals surface area (Å²) >= 11 is 0. The van der Waals surface area contributed by atoms with Gasteiger partial charge in [0.05, 0.1) is 11.8 Å². The zero-order valence-corrected chi connectivity index (χ0v) is 22.2. The van der Waals surface area contributed by atoms with Crippen LogP contribution in [0.1, 0.15) is 63.4 Å². The third kappa shape index (κ3) is 6.98. The fourth-order valence-electron chi connectivity index (χ4n) is 5.86. The number of nitrogens with zero attached hydrogens (tertiary/aromatic N) is 2. The predicted molar refractivity (Wildman–Crippen MR) is 143 cm³/mol. The lowest BCUT2D eigenvalue weighted by atomic mass is 9.84. The van der Waals surface area contributed by atoms with Gasteiger partial charge in [0, 0.05) is 13.1 Å². The maximum Gasteiger partial charge on any atom is 0.250 e. The number of benzene rings is 1. The lowest BCUT2D eigenvalue weighted by Crippen LogP contribution is -2.58. The van der Waals surface area contributed by atoms with E-state index in [4.69, 9.17) is 11.1 Å². The SMILES string of the molecule is N=C(N)C1CCCCN1C(=O)C1C=CCN1C(=O)[C@H](CC1CCCCC1)NS(=O)(=O)Cc1ccccc1. The molecule has 2 aliphatic heterocycles. The maximum atomic E-state index is 13.9. The van der Waals surface area contributed by atoms with Gasteiger partial charge in [-0.2, -0.15) is 0 Å². The second-order valence-corrected chi connectivity index (χ2v) is 12.3. The zero-order valence-electron chi connectivity index (χ0n) is 21.3. The van der Waals surface area contributed by atoms with Crippen LogP contribution < -0.4 is 10.5 Å². The van der Waals surface area contributed by atoms with Gasteiger partial charge in [-0.1, -0.05) is 74.6 Å². The molecule has 4 rings (SSSR count). The monoisotopic (exact) mass is 529 g/mol. The van der Waals surface area contributed by atoms with Crippen molar-refractivity contribution in [2.75, 3.05) is 13.1 Å². The quantitative estimate of drug-likeness (QED) is 0.257. The highest BCUT2D eigenvalue weighted by molar-refractivity contribution is 7.88. The van der Waals surface area contributed by atoms with Crippen LogP contribution in [0.25, 0.3) is 0 Å². The zero-order chi connectivity index (χ0) is 26.4. The number of rotatable bonds is 9. The fourth-order valence-corrected chi connectivity index (χ4v) is 7.20. The summed E-state index contributed by atoms with van der Waals surface area (Å²) < 4.78 is 29.0. The Morgan fingerprint density at radius 2 is 1.73 bits per heavy atom. The molecule has 37 heavy (non-hydrogen) atoms. The van der Waals surface area contributed by atoms with Crippen molar-refractivity contribution in [2.24, 2.45) is 11.7 Å². The Labute approximate surface area is 220 Å². The van der Waals surface area contributed by atoms with Gasteiger partial charge in [-0.25, -0.2) is 13.1 Å². The molecule has 2 heterocycles. The Balaban J connectivity index is 1.53. The molecule has 1 aromatic carbocycles. The molecule has 0 radical (unpaired) electrons. The van der Waals surface area contributed by atoms with Gasteiger partial charge in [-0.3, -0.25) is 15.0 Å². The van der Waals surface area contributed by atoms with Crippen LogP contribution >= 0.6 is 0 Å². The van der Waals surface area contributed by atoms with E-state index in [1.165, 1.54) is 4.90 Å². The van der Waals surface area contributed by atoms with Crippen LogP contribution in [-0.2, 0) is 25.4 Å². The first-order chi connectivity index (χ1) is 17.7. The number of amidine groups is 1. The van der Waals surface area contributed by atoms with Crippen molar-refractivity contribution in [3.8, 4) is 0 Å². The second kappa shape index (κ2) is 12.2. The first-order valence-electron chi connectivity index (χ1n) is 13.4. The van der Waals surface area contributed by atoms with Gasteiger partial charge in [0.1, 0.15) is 17.9 Å². The summed E-state index contributed by atoms with van der Waals surface area (Å²) in [5, 5.41) is 7.93. The minimum atomic E-state index is -3.80. The second-order valence-electron chi connectivity index (χ2n) is 10.5. The third-order valence-corrected chi connectivity index (χ3v) is 9.11. The highest BCUT2D eigenvalue weighted by Crippen LogP contribution is 2.29. The van der Waals surface area contributed by atoms with Crippen molar-refractivity contribution in [1.82, 2.24) is 14.5 Å². The smallest absolute Gasteiger partial charge is 0.250 e. The number of carbonyl (C=O) groups excluding carboxylic acids is 2. The lowest BCUT2D eigenvalue weighted by molar-refractivity contribution is -0.145. The molecule has 202 valence electrons. The van der Waals surface area contributed by atoms with E-state index >= 15 is 0 Å². The lowest BCUT2D eigenvalue weighted by Gasteiger charge is -2.38. The highest BCUT2D eigenvalue weighted by atomic mass is 32.2. The molecule has 10 heteroatoms. The van der Waals surface area contributed by atoms with Gasteiger partial charge in [-0.05, 0) is 37.2 Å². The van der Waals surface area contributed by atoms with E-state index < -0.39 is 28.1 Å². The van der Waals surface area contributed by atoms with Gasteiger partial charge in [0.15, 0.2) is 0 Å². The van der Waals surface area contributed by atoms with Crippen molar-refractivity contribution < 1.29 is 18.0 Å². The fraction of sp³-hybridized carbons (Fsp3) is 0.593. The molecule has 2 unspecified atom stereocenters. The summed E-state index contributed by atoms with van der Waals surface area (Å²) in [5.74, 6) is -0.628. The van der Waals surface area contributed by atoms with Crippen LogP contribution in [0.4, 0.5) is 0 Å². The van der Waals surface area contributed by atoms with Crippen LogP contribution in [0, 0.1) is 11.3 Å². The van der Waals surface area contributed by atoms with Crippen molar-refractivity contribution in [3.63, 3.8) is 0 Å². The van der Waals surface area contributed by atoms with Crippen LogP contribution in [0.5, 0.6) is 0 Å². The van der Waals surface area contributed by atoms with Crippen molar-refractivity contribution >= 4 is 27.7 Å². The van der Waals surface area contributed by atoms with Gasteiger partial charge in [0.2, 0.25) is 21.8 Å². The van der Waals surface area contributed by atoms with E-state index in [1.807, 2.05) is 6.07 Å². The van der Waals surface area contributed by atoms with E-state index in [1.54, 1.807) is 41.3 Å². The molecular weight excluding hydrogens is 490 g/mol. The number of carbonyl (C=O) groups is 2. The minimum absolute atomic E-state index is 0.0447. The van der Waals surface area contributed by atoms with Crippen LogP contribution in [0.3, 0.4) is 0 Å². The number of hydrogen-bond donors (Lipinski definition) is 3. The van der Waals surface area contributed by atoms with Gasteiger partial charge in [0.25, 0.3) is 0 Å². The Morgan fingerprint density at radius 1 is 1.03 bits per heavy atom. The predicted octanol–water partition coefficient (Wildman–Crippen LogP) is 2.53. The van der Waals surface area contributed by atoms with E-state index in [9.17, 15) is 18.0 Å². The number of amides is 2. The van der Waals surface area contributed by atoms with Crippen LogP contribution in [0.2, 0.25) is 0 Å². The van der Waals surface area contributed by atoms with E-state index in [-0.39, 0.29) is 35.9 Å². The van der Waals surface area contributed by atoms with Crippen molar-refractivity contribution in [1.29, 1.82) is 5.41 Å². The molecule has 3 atom stereocenters. The Morgan fingerprint density at radius 3 is 2.43 bits per heavy atom. The Kier molecular flexibility index (Phi) is 9.02. The number of nitrogens with two attached hydrogens (primary N) is 1. The minimum Gasteiger partial charge on any atom is -0.386 e. The van der Waals surface area contributed by atoms with Crippen LogP contribution in [-0.4, -0.2) is 67.1 Å². The van der Waals surface area contributed by atoms with Gasteiger partial charge >= 0.3 is 0 Å². The standard InChI is InChI=1S/C27H39N5O4S/c28-25(29)23-14-7-8-16-31(23)27(34)24-15-9-17-32(24)26(33)22(18-20-10-3-1-4-11-20)30-37(35,36)19-21-12-5-2-6-13-21/h2,5-6,9,12-13,15,20,22-24,30H,1,3-4,7-8,10-11,14,16-19H2,(H3,28,29)/t22-,23?,24?/m0/s1. The Bertz CT molecular complexity index is 1100. The van der Waals surface area contributed by atoms with Crippen molar-refractivity contribution in [2.45, 2.75) is 81.7 Å². The summed E-state index contributed by atoms with van der Waals surface area (Å²) in [6.45, 7) is 0.736. The molecule has 4 N–H and O–H groups in total. The highest BCUT2D eigenvalue weighted by Gasteiger charge is 2.41. The molecule has 0 aromatic heterocycles. The average molecular weight is 530 g/mol. The van der Waals surface area contributed by atoms with E-state index in [2.05, 4.69) is 4.72 Å². The largest absolute Gasteiger partial charge is 0.386 e. The molecule has 1 saturated heterocycles. The summed E-state index contributed by atoms with van der Waals surface area (Å²) in [7, 11) is -3.80. The molecule has 2 fully saturated rings. The van der Waals surface area contributed by atoms with Crippen molar-refractivity contribution in [3.05, 3.63) is 48.0 Å². The molecule has 0 spiro atoms. The van der Waals surface area contributed by atoms with E-state index in [0.29, 0.717) is 24.9 Å². The molecule has 1 aliphatic carbocycles. The maximum absolute atomic E-state index is 13.9. The summed E-state index contributed by atoms with van der Waals surface area (Å²) in [6, 6.07) is 6.69. The summed E-state index contributed by atoms with van der Waals surface area (Å²) in [4.78, 5) is 30.5. The normalized spacial score (nSPS) is 23.7. The average Bonchev–Trinajstić information content (AvgIpc) is 3.38. The molecule has 9 nitrogen and oxygen atoms in total. The van der Waals surface area contributed by atoms with E-state index in [0.717, 1.165) is 44.9 Å². The number of piperidine rings is 1. The number of nitrogens with one attached hydrogen (secondary N) is 2. The first kappa shape index (κ1) is 27.3. The Hall–Kier alpha value is -2.72. The number of likely N-dealkylation sites (tertiary alicyclic amines) is 1. The molecule has 1 aromatic rings.